The number of allylic oxidation sites excluding steroid dienone is 1. The predicted octanol–water partition coefficient (Wildman–Crippen LogP) is 7.36. The molecule has 0 bridgehead atoms. The molecule has 0 saturated heterocycles. The fourth-order valence-electron chi connectivity index (χ4n) is 5.73. The van der Waals surface area contributed by atoms with Crippen molar-refractivity contribution in [1.82, 2.24) is 9.88 Å². The minimum absolute atomic E-state index is 0.0923. The summed E-state index contributed by atoms with van der Waals surface area (Å²) in [7, 11) is 1.45. The van der Waals surface area contributed by atoms with Gasteiger partial charge in [0.25, 0.3) is 0 Å². The second kappa shape index (κ2) is 13.6. The van der Waals surface area contributed by atoms with Crippen LogP contribution in [-0.2, 0) is 27.3 Å². The number of fused-ring (bicyclic) bond motifs is 3. The molecule has 1 amide bonds. The zero-order chi connectivity index (χ0) is 28.6. The molecule has 1 aliphatic rings. The number of aromatic nitrogens is 1. The molecule has 4 aromatic rings. The first-order chi connectivity index (χ1) is 20.1. The molecular weight excluding hydrogens is 532 g/mol. The summed E-state index contributed by atoms with van der Waals surface area (Å²) in [6, 6.07) is 28.0. The van der Waals surface area contributed by atoms with Gasteiger partial charge in [-0.15, -0.1) is 11.8 Å². The molecule has 3 aromatic carbocycles. The van der Waals surface area contributed by atoms with E-state index < -0.39 is 5.92 Å². The van der Waals surface area contributed by atoms with Gasteiger partial charge in [0.2, 0.25) is 0 Å². The lowest BCUT2D eigenvalue weighted by atomic mass is 9.72. The van der Waals surface area contributed by atoms with Crippen LogP contribution in [0, 0.1) is 5.92 Å². The lowest BCUT2D eigenvalue weighted by Crippen LogP contribution is -2.38. The number of benzene rings is 3. The highest BCUT2D eigenvalue weighted by atomic mass is 32.2. The molecule has 2 atom stereocenters. The Kier molecular flexibility index (Phi) is 9.47. The molecule has 5 rings (SSSR count). The molecule has 7 heteroatoms. The number of nitrogens with zero attached hydrogens (tertiary/aromatic N) is 1. The number of aromatic amines is 1. The van der Waals surface area contributed by atoms with E-state index >= 15 is 0 Å². The molecule has 0 fully saturated rings. The van der Waals surface area contributed by atoms with Crippen LogP contribution in [0.15, 0.2) is 101 Å². The average Bonchev–Trinajstić information content (AvgIpc) is 3.40. The third kappa shape index (κ3) is 6.68. The van der Waals surface area contributed by atoms with E-state index in [1.54, 1.807) is 16.7 Å². The van der Waals surface area contributed by atoms with Crippen molar-refractivity contribution in [3.8, 4) is 0 Å². The fourth-order valence-corrected chi connectivity index (χ4v) is 6.62. The summed E-state index contributed by atoms with van der Waals surface area (Å²) in [6.45, 7) is 3.09. The number of esters is 1. The van der Waals surface area contributed by atoms with E-state index in [1.807, 2.05) is 73.7 Å². The number of hydrogen-bond donors (Lipinski definition) is 1. The molecule has 1 aromatic heterocycles. The second-order valence-electron chi connectivity index (χ2n) is 10.2. The van der Waals surface area contributed by atoms with Gasteiger partial charge in [-0.2, -0.15) is 0 Å². The quantitative estimate of drug-likeness (QED) is 0.123. The largest absolute Gasteiger partial charge is 0.469 e. The minimum atomic E-state index is -0.452. The zero-order valence-electron chi connectivity index (χ0n) is 23.5. The van der Waals surface area contributed by atoms with Gasteiger partial charge in [-0.05, 0) is 55.0 Å². The van der Waals surface area contributed by atoms with E-state index in [1.165, 1.54) is 7.11 Å². The number of amides is 1. The Hall–Kier alpha value is -3.97. The second-order valence-corrected chi connectivity index (χ2v) is 11.4. The number of para-hydroxylation sites is 1. The minimum Gasteiger partial charge on any atom is -0.469 e. The number of rotatable bonds is 10. The smallest absolute Gasteiger partial charge is 0.410 e. The van der Waals surface area contributed by atoms with Crippen LogP contribution in [0.25, 0.3) is 10.9 Å². The standard InChI is InChI=1S/C34H36N2O4S/c1-3-25(27-18-19-30-31(32(27)33(37)39-2)28-16-10-11-17-29(28)35-30)22-36(20-21-41-26-14-8-5-9-15-26)34(38)40-23-24-12-6-4-7-13-24/h3-17,27,32,35H,18-23H2,1-2H3/b25-3-/t27-,32-/m0/s1. The van der Waals surface area contributed by atoms with Crippen molar-refractivity contribution in [3.63, 3.8) is 0 Å². The van der Waals surface area contributed by atoms with Crippen LogP contribution >= 0.6 is 11.8 Å². The van der Waals surface area contributed by atoms with Crippen LogP contribution in [0.5, 0.6) is 0 Å². The number of hydrogen-bond acceptors (Lipinski definition) is 5. The van der Waals surface area contributed by atoms with Crippen molar-refractivity contribution >= 4 is 34.7 Å². The Bertz CT molecular complexity index is 1500. The highest BCUT2D eigenvalue weighted by Crippen LogP contribution is 2.44. The van der Waals surface area contributed by atoms with Crippen LogP contribution in [0.3, 0.4) is 0 Å². The van der Waals surface area contributed by atoms with Crippen molar-refractivity contribution < 1.29 is 19.1 Å². The maximum atomic E-state index is 13.5. The van der Waals surface area contributed by atoms with E-state index in [0.29, 0.717) is 13.1 Å². The molecule has 41 heavy (non-hydrogen) atoms. The van der Waals surface area contributed by atoms with Crippen molar-refractivity contribution in [3.05, 3.63) is 113 Å². The van der Waals surface area contributed by atoms with Gasteiger partial charge >= 0.3 is 12.1 Å². The molecular formula is C34H36N2O4S. The first-order valence-electron chi connectivity index (χ1n) is 14.0. The number of ether oxygens (including phenoxy) is 2. The van der Waals surface area contributed by atoms with Crippen molar-refractivity contribution in [2.24, 2.45) is 5.92 Å². The molecule has 0 saturated carbocycles. The van der Waals surface area contributed by atoms with E-state index in [9.17, 15) is 9.59 Å². The maximum Gasteiger partial charge on any atom is 0.410 e. The Morgan fingerprint density at radius 2 is 1.71 bits per heavy atom. The first-order valence-corrected chi connectivity index (χ1v) is 15.0. The molecule has 1 N–H and O–H groups in total. The SMILES string of the molecule is C/C=C(/CN(CCSc1ccccc1)C(=O)OCc1ccccc1)[C@@H]1CCc2[nH]c3ccccc3c2[C@H]1C(=O)OC. The highest BCUT2D eigenvalue weighted by Gasteiger charge is 2.40. The number of aryl methyl sites for hydroxylation is 1. The van der Waals surface area contributed by atoms with Crippen LogP contribution in [0.4, 0.5) is 4.79 Å². The molecule has 1 aliphatic carbocycles. The fraction of sp³-hybridized carbons (Fsp3) is 0.294. The summed E-state index contributed by atoms with van der Waals surface area (Å²) in [5, 5.41) is 1.05. The molecule has 1 heterocycles. The Morgan fingerprint density at radius 1 is 1.00 bits per heavy atom. The number of carbonyl (C=O) groups is 2. The van der Waals surface area contributed by atoms with Gasteiger partial charge in [0.05, 0.1) is 13.0 Å². The van der Waals surface area contributed by atoms with E-state index in [4.69, 9.17) is 9.47 Å². The highest BCUT2D eigenvalue weighted by molar-refractivity contribution is 7.99. The molecule has 6 nitrogen and oxygen atoms in total. The van der Waals surface area contributed by atoms with Crippen LogP contribution in [0.1, 0.15) is 36.1 Å². The van der Waals surface area contributed by atoms with E-state index in [-0.39, 0.29) is 24.6 Å². The molecule has 0 unspecified atom stereocenters. The van der Waals surface area contributed by atoms with Gasteiger partial charge < -0.3 is 19.4 Å². The average molecular weight is 569 g/mol. The van der Waals surface area contributed by atoms with Gasteiger partial charge in [0.15, 0.2) is 0 Å². The monoisotopic (exact) mass is 568 g/mol. The van der Waals surface area contributed by atoms with Crippen LogP contribution < -0.4 is 0 Å². The van der Waals surface area contributed by atoms with Crippen LogP contribution in [0.2, 0.25) is 0 Å². The van der Waals surface area contributed by atoms with Gasteiger partial charge in [-0.1, -0.05) is 78.4 Å². The predicted molar refractivity (Wildman–Crippen MR) is 164 cm³/mol. The third-order valence-corrected chi connectivity index (χ3v) is 8.75. The first kappa shape index (κ1) is 28.6. The number of nitrogens with one attached hydrogen (secondary N) is 1. The number of thioether (sulfide) groups is 1. The summed E-state index contributed by atoms with van der Waals surface area (Å²) in [5.41, 5.74) is 5.11. The molecule has 0 radical (unpaired) electrons. The number of methoxy groups -OCH3 is 1. The van der Waals surface area contributed by atoms with Gasteiger partial charge in [-0.3, -0.25) is 4.79 Å². The van der Waals surface area contributed by atoms with Crippen LogP contribution in [-0.4, -0.2) is 47.9 Å². The van der Waals surface area contributed by atoms with Gasteiger partial charge in [0, 0.05) is 40.3 Å². The Balaban J connectivity index is 1.38. The van der Waals surface area contributed by atoms with Crippen molar-refractivity contribution in [2.75, 3.05) is 26.0 Å². The zero-order valence-corrected chi connectivity index (χ0v) is 24.4. The summed E-state index contributed by atoms with van der Waals surface area (Å²) in [6.07, 6.45) is 3.30. The molecule has 212 valence electrons. The number of H-pyrrole nitrogens is 1. The van der Waals surface area contributed by atoms with Crippen molar-refractivity contribution in [2.45, 2.75) is 37.2 Å². The van der Waals surface area contributed by atoms with E-state index in [2.05, 4.69) is 29.3 Å². The molecule has 0 spiro atoms. The third-order valence-electron chi connectivity index (χ3n) is 7.76. The van der Waals surface area contributed by atoms with Gasteiger partial charge in [-0.25, -0.2) is 4.79 Å². The lowest BCUT2D eigenvalue weighted by molar-refractivity contribution is -0.143. The Labute approximate surface area is 245 Å². The topological polar surface area (TPSA) is 71.6 Å². The van der Waals surface area contributed by atoms with Gasteiger partial charge in [0.1, 0.15) is 6.61 Å². The normalized spacial score (nSPS) is 16.7. The maximum absolute atomic E-state index is 13.5. The van der Waals surface area contributed by atoms with E-state index in [0.717, 1.165) is 56.8 Å². The summed E-state index contributed by atoms with van der Waals surface area (Å²) >= 11 is 1.71. The molecule has 0 aliphatic heterocycles. The summed E-state index contributed by atoms with van der Waals surface area (Å²) in [5.74, 6) is -0.0747. The van der Waals surface area contributed by atoms with Crippen molar-refractivity contribution in [1.29, 1.82) is 0 Å². The summed E-state index contributed by atoms with van der Waals surface area (Å²) < 4.78 is 11.1. The lowest BCUT2D eigenvalue weighted by Gasteiger charge is -2.34. The summed E-state index contributed by atoms with van der Waals surface area (Å²) in [4.78, 5) is 33.3. The number of carbonyl (C=O) groups excluding carboxylic acids is 2. The Morgan fingerprint density at radius 3 is 2.44 bits per heavy atom.